The standard InChI is InChI=1S/C21H23N5O4/c1-14-12-26(21(22)24-14)23-11-15-4-9-18(19(10-15)29-3)30-13-20(27)25-16-5-7-17(28-2)8-6-16/h4-12H,13H2,1-3H3,(H2,22,24)(H,25,27). The van der Waals surface area contributed by atoms with Gasteiger partial charge in [0.15, 0.2) is 18.1 Å². The highest BCUT2D eigenvalue weighted by Gasteiger charge is 2.09. The number of nitrogen functional groups attached to an aromatic ring is 1. The van der Waals surface area contributed by atoms with Crippen LogP contribution in [0.2, 0.25) is 0 Å². The average molecular weight is 409 g/mol. The van der Waals surface area contributed by atoms with Crippen molar-refractivity contribution >= 4 is 23.8 Å². The van der Waals surface area contributed by atoms with Crippen LogP contribution in [0.5, 0.6) is 17.2 Å². The van der Waals surface area contributed by atoms with Gasteiger partial charge in [0.25, 0.3) is 5.91 Å². The van der Waals surface area contributed by atoms with Crippen molar-refractivity contribution < 1.29 is 19.0 Å². The van der Waals surface area contributed by atoms with E-state index in [1.807, 2.05) is 6.92 Å². The Hall–Kier alpha value is -4.01. The number of nitrogens with two attached hydrogens (primary N) is 1. The molecule has 2 aromatic carbocycles. The van der Waals surface area contributed by atoms with Gasteiger partial charge in [-0.1, -0.05) is 0 Å². The Kier molecular flexibility index (Phi) is 6.53. The summed E-state index contributed by atoms with van der Waals surface area (Å²) in [7, 11) is 3.11. The number of carbonyl (C=O) groups excluding carboxylic acids is 1. The van der Waals surface area contributed by atoms with Gasteiger partial charge in [-0.15, -0.1) is 0 Å². The summed E-state index contributed by atoms with van der Waals surface area (Å²) in [6.07, 6.45) is 3.35. The second-order valence-electron chi connectivity index (χ2n) is 6.31. The highest BCUT2D eigenvalue weighted by molar-refractivity contribution is 5.92. The predicted molar refractivity (Wildman–Crippen MR) is 114 cm³/mol. The van der Waals surface area contributed by atoms with Crippen LogP contribution in [0.4, 0.5) is 11.6 Å². The summed E-state index contributed by atoms with van der Waals surface area (Å²) in [6, 6.07) is 12.3. The normalized spacial score (nSPS) is 10.8. The van der Waals surface area contributed by atoms with Gasteiger partial charge < -0.3 is 25.3 Å². The maximum absolute atomic E-state index is 12.2. The molecule has 0 aliphatic rings. The maximum Gasteiger partial charge on any atom is 0.262 e. The first kappa shape index (κ1) is 20.7. The van der Waals surface area contributed by atoms with Crippen molar-refractivity contribution in [3.63, 3.8) is 0 Å². The average Bonchev–Trinajstić information content (AvgIpc) is 3.08. The number of carbonyl (C=O) groups is 1. The lowest BCUT2D eigenvalue weighted by Gasteiger charge is -2.11. The predicted octanol–water partition coefficient (Wildman–Crippen LogP) is 2.69. The van der Waals surface area contributed by atoms with Crippen molar-refractivity contribution in [2.24, 2.45) is 5.10 Å². The van der Waals surface area contributed by atoms with E-state index in [2.05, 4.69) is 15.4 Å². The highest BCUT2D eigenvalue weighted by atomic mass is 16.5. The number of ether oxygens (including phenoxy) is 3. The van der Waals surface area contributed by atoms with E-state index in [1.54, 1.807) is 62.0 Å². The Bertz CT molecular complexity index is 1040. The molecule has 0 unspecified atom stereocenters. The molecule has 30 heavy (non-hydrogen) atoms. The number of hydrogen-bond acceptors (Lipinski definition) is 7. The lowest BCUT2D eigenvalue weighted by molar-refractivity contribution is -0.118. The van der Waals surface area contributed by atoms with Crippen LogP contribution in [0.1, 0.15) is 11.3 Å². The SMILES string of the molecule is COc1ccc(NC(=O)COc2ccc(C=Nn3cc(C)nc3N)cc2OC)cc1. The molecule has 1 aromatic heterocycles. The van der Waals surface area contributed by atoms with Gasteiger partial charge in [0.05, 0.1) is 32.3 Å². The summed E-state index contributed by atoms with van der Waals surface area (Å²) in [6.45, 7) is 1.67. The molecule has 3 rings (SSSR count). The molecular weight excluding hydrogens is 386 g/mol. The van der Waals surface area contributed by atoms with E-state index in [0.29, 0.717) is 28.9 Å². The van der Waals surface area contributed by atoms with Gasteiger partial charge in [-0.3, -0.25) is 4.79 Å². The first-order valence-electron chi connectivity index (χ1n) is 9.09. The van der Waals surface area contributed by atoms with E-state index in [1.165, 1.54) is 11.8 Å². The van der Waals surface area contributed by atoms with Crippen molar-refractivity contribution in [3.8, 4) is 17.2 Å². The smallest absolute Gasteiger partial charge is 0.262 e. The van der Waals surface area contributed by atoms with E-state index in [4.69, 9.17) is 19.9 Å². The summed E-state index contributed by atoms with van der Waals surface area (Å²) < 4.78 is 17.5. The van der Waals surface area contributed by atoms with Crippen LogP contribution in [0.25, 0.3) is 0 Å². The topological polar surface area (TPSA) is 113 Å². The first-order valence-corrected chi connectivity index (χ1v) is 9.09. The van der Waals surface area contributed by atoms with Crippen molar-refractivity contribution in [1.82, 2.24) is 9.66 Å². The molecule has 0 atom stereocenters. The van der Waals surface area contributed by atoms with Gasteiger partial charge in [0.1, 0.15) is 5.75 Å². The van der Waals surface area contributed by atoms with Crippen molar-refractivity contribution in [1.29, 1.82) is 0 Å². The van der Waals surface area contributed by atoms with Crippen molar-refractivity contribution in [2.75, 3.05) is 31.9 Å². The fraction of sp³-hybridized carbons (Fsp3) is 0.190. The second-order valence-corrected chi connectivity index (χ2v) is 6.31. The van der Waals surface area contributed by atoms with Crippen molar-refractivity contribution in [3.05, 3.63) is 59.9 Å². The molecular formula is C21H23N5O4. The number of methoxy groups -OCH3 is 2. The number of benzene rings is 2. The summed E-state index contributed by atoms with van der Waals surface area (Å²) in [5.74, 6) is 1.64. The minimum atomic E-state index is -0.293. The Balaban J connectivity index is 1.61. The fourth-order valence-corrected chi connectivity index (χ4v) is 2.62. The molecule has 0 aliphatic carbocycles. The number of aromatic nitrogens is 2. The largest absolute Gasteiger partial charge is 0.497 e. The summed E-state index contributed by atoms with van der Waals surface area (Å²) in [4.78, 5) is 16.2. The third kappa shape index (κ3) is 5.28. The lowest BCUT2D eigenvalue weighted by atomic mass is 10.2. The van der Waals surface area contributed by atoms with Gasteiger partial charge >= 0.3 is 0 Å². The summed E-state index contributed by atoms with van der Waals surface area (Å²) in [5, 5.41) is 7.03. The number of imidazole rings is 1. The van der Waals surface area contributed by atoms with Crippen LogP contribution >= 0.6 is 0 Å². The Morgan fingerprint density at radius 3 is 2.57 bits per heavy atom. The molecule has 1 heterocycles. The molecule has 0 spiro atoms. The molecule has 0 radical (unpaired) electrons. The van der Waals surface area contributed by atoms with E-state index in [9.17, 15) is 4.79 Å². The van der Waals surface area contributed by atoms with Crippen LogP contribution in [0.3, 0.4) is 0 Å². The number of nitrogens with zero attached hydrogens (tertiary/aromatic N) is 3. The van der Waals surface area contributed by atoms with Gasteiger partial charge in [-0.25, -0.2) is 9.66 Å². The third-order valence-electron chi connectivity index (χ3n) is 4.09. The number of amides is 1. The monoisotopic (exact) mass is 409 g/mol. The van der Waals surface area contributed by atoms with E-state index >= 15 is 0 Å². The Labute approximate surface area is 174 Å². The highest BCUT2D eigenvalue weighted by Crippen LogP contribution is 2.27. The molecule has 156 valence electrons. The molecule has 0 saturated carbocycles. The summed E-state index contributed by atoms with van der Waals surface area (Å²) >= 11 is 0. The number of aryl methyl sites for hydroxylation is 1. The molecule has 0 saturated heterocycles. The van der Waals surface area contributed by atoms with Crippen LogP contribution in [0.15, 0.2) is 53.8 Å². The quantitative estimate of drug-likeness (QED) is 0.553. The first-order chi connectivity index (χ1) is 14.5. The van der Waals surface area contributed by atoms with Crippen molar-refractivity contribution in [2.45, 2.75) is 6.92 Å². The number of nitrogens with one attached hydrogen (secondary N) is 1. The summed E-state index contributed by atoms with van der Waals surface area (Å²) in [5.41, 5.74) is 7.97. The van der Waals surface area contributed by atoms with E-state index < -0.39 is 0 Å². The molecule has 9 nitrogen and oxygen atoms in total. The Morgan fingerprint density at radius 2 is 1.93 bits per heavy atom. The molecule has 3 aromatic rings. The minimum Gasteiger partial charge on any atom is -0.497 e. The molecule has 0 bridgehead atoms. The van der Waals surface area contributed by atoms with Crippen LogP contribution < -0.4 is 25.3 Å². The van der Waals surface area contributed by atoms with Crippen LogP contribution in [-0.2, 0) is 4.79 Å². The molecule has 3 N–H and O–H groups in total. The lowest BCUT2D eigenvalue weighted by Crippen LogP contribution is -2.20. The molecule has 0 aliphatic heterocycles. The zero-order chi connectivity index (χ0) is 21.5. The number of anilines is 2. The third-order valence-corrected chi connectivity index (χ3v) is 4.09. The van der Waals surface area contributed by atoms with E-state index in [0.717, 1.165) is 11.3 Å². The maximum atomic E-state index is 12.2. The number of rotatable bonds is 8. The second kappa shape index (κ2) is 9.46. The fourth-order valence-electron chi connectivity index (χ4n) is 2.62. The number of hydrogen-bond donors (Lipinski definition) is 2. The van der Waals surface area contributed by atoms with Gasteiger partial charge in [-0.05, 0) is 55.0 Å². The molecule has 0 fully saturated rings. The van der Waals surface area contributed by atoms with Gasteiger partial charge in [0, 0.05) is 5.69 Å². The van der Waals surface area contributed by atoms with Crippen LogP contribution in [0, 0.1) is 6.92 Å². The minimum absolute atomic E-state index is 0.166. The Morgan fingerprint density at radius 1 is 1.17 bits per heavy atom. The zero-order valence-electron chi connectivity index (χ0n) is 17.0. The van der Waals surface area contributed by atoms with Crippen LogP contribution in [-0.4, -0.2) is 42.6 Å². The molecule has 9 heteroatoms. The zero-order valence-corrected chi connectivity index (χ0v) is 17.0. The van der Waals surface area contributed by atoms with Gasteiger partial charge in [0.2, 0.25) is 5.95 Å². The molecule has 1 amide bonds. The van der Waals surface area contributed by atoms with E-state index in [-0.39, 0.29) is 12.5 Å². The van der Waals surface area contributed by atoms with Gasteiger partial charge in [-0.2, -0.15) is 5.10 Å².